The predicted molar refractivity (Wildman–Crippen MR) is 88.9 cm³/mol. The van der Waals surface area contributed by atoms with Gasteiger partial charge in [-0.3, -0.25) is 9.78 Å². The lowest BCUT2D eigenvalue weighted by Gasteiger charge is -2.16. The minimum atomic E-state index is -0.171. The minimum Gasteiger partial charge on any atom is -0.493 e. The van der Waals surface area contributed by atoms with Gasteiger partial charge < -0.3 is 14.8 Å². The summed E-state index contributed by atoms with van der Waals surface area (Å²) in [5.74, 6) is 0.996. The molecule has 0 spiro atoms. The van der Waals surface area contributed by atoms with Crippen molar-refractivity contribution in [3.8, 4) is 11.5 Å². The van der Waals surface area contributed by atoms with Crippen LogP contribution in [0.3, 0.4) is 0 Å². The number of carbonyl (C=O) groups is 1. The molecule has 0 aliphatic heterocycles. The number of hydrogen-bond donors (Lipinski definition) is 1. The topological polar surface area (TPSA) is 60.5 Å². The van der Waals surface area contributed by atoms with E-state index in [9.17, 15) is 4.79 Å². The first-order valence-electron chi connectivity index (χ1n) is 7.56. The van der Waals surface area contributed by atoms with E-state index in [4.69, 9.17) is 9.47 Å². The van der Waals surface area contributed by atoms with Gasteiger partial charge in [-0.2, -0.15) is 0 Å². The summed E-state index contributed by atoms with van der Waals surface area (Å²) in [6.07, 6.45) is 3.48. The highest BCUT2D eigenvalue weighted by Crippen LogP contribution is 2.29. The summed E-state index contributed by atoms with van der Waals surface area (Å²) in [5, 5.41) is 2.95. The second-order valence-electron chi connectivity index (χ2n) is 5.51. The lowest BCUT2D eigenvalue weighted by atomic mass is 10.1. The van der Waals surface area contributed by atoms with E-state index in [0.29, 0.717) is 17.1 Å². The first kappa shape index (κ1) is 16.8. The lowest BCUT2D eigenvalue weighted by Crippen LogP contribution is -2.26. The molecule has 122 valence electrons. The summed E-state index contributed by atoms with van der Waals surface area (Å²) in [5.41, 5.74) is 1.47. The number of rotatable bonds is 6. The molecular weight excluding hydrogens is 292 g/mol. The number of aromatic nitrogens is 1. The van der Waals surface area contributed by atoms with E-state index >= 15 is 0 Å². The summed E-state index contributed by atoms with van der Waals surface area (Å²) < 4.78 is 11.0. The number of ether oxygens (including phenoxy) is 2. The molecular formula is C18H22N2O3. The first-order valence-corrected chi connectivity index (χ1v) is 7.56. The molecule has 1 N–H and O–H groups in total. The average molecular weight is 314 g/mol. The van der Waals surface area contributed by atoms with Crippen molar-refractivity contribution >= 4 is 5.91 Å². The maximum Gasteiger partial charge on any atom is 0.251 e. The molecule has 0 saturated heterocycles. The Morgan fingerprint density at radius 1 is 1.17 bits per heavy atom. The molecule has 23 heavy (non-hydrogen) atoms. The molecule has 0 saturated carbocycles. The maximum atomic E-state index is 12.4. The lowest BCUT2D eigenvalue weighted by molar-refractivity contribution is 0.0939. The summed E-state index contributed by atoms with van der Waals surface area (Å²) in [6, 6.07) is 8.81. The Hall–Kier alpha value is -2.56. The van der Waals surface area contributed by atoms with Crippen LogP contribution in [0.1, 0.15) is 42.7 Å². The van der Waals surface area contributed by atoms with Gasteiger partial charge in [-0.05, 0) is 50.6 Å². The van der Waals surface area contributed by atoms with Crippen LogP contribution in [0.2, 0.25) is 0 Å². The number of methoxy groups -OCH3 is 1. The number of amides is 1. The predicted octanol–water partition coefficient (Wildman–Crippen LogP) is 3.37. The number of benzene rings is 1. The standard InChI is InChI=1S/C18H22N2O3/c1-12(2)23-16-8-7-14(10-17(16)22-4)18(21)20-13(3)15-6-5-9-19-11-15/h5-13H,1-4H3,(H,20,21)/t13-/m0/s1. The highest BCUT2D eigenvalue weighted by atomic mass is 16.5. The molecule has 1 aromatic heterocycles. The van der Waals surface area contributed by atoms with Crippen LogP contribution in [0, 0.1) is 0 Å². The number of nitrogens with zero attached hydrogens (tertiary/aromatic N) is 1. The Kier molecular flexibility index (Phi) is 5.57. The van der Waals surface area contributed by atoms with Crippen LogP contribution in [0.15, 0.2) is 42.7 Å². The number of nitrogens with one attached hydrogen (secondary N) is 1. The highest BCUT2D eigenvalue weighted by molar-refractivity contribution is 5.95. The molecule has 1 amide bonds. The van der Waals surface area contributed by atoms with Gasteiger partial charge in [-0.1, -0.05) is 6.07 Å². The molecule has 1 atom stereocenters. The van der Waals surface area contributed by atoms with Gasteiger partial charge in [0.05, 0.1) is 19.3 Å². The summed E-state index contributed by atoms with van der Waals surface area (Å²) >= 11 is 0. The fourth-order valence-corrected chi connectivity index (χ4v) is 2.16. The first-order chi connectivity index (χ1) is 11.0. The molecule has 0 bridgehead atoms. The third-order valence-electron chi connectivity index (χ3n) is 3.32. The molecule has 0 unspecified atom stereocenters. The van der Waals surface area contributed by atoms with Gasteiger partial charge in [0.2, 0.25) is 0 Å². The number of carbonyl (C=O) groups excluding carboxylic acids is 1. The van der Waals surface area contributed by atoms with Gasteiger partial charge in [0, 0.05) is 18.0 Å². The van der Waals surface area contributed by atoms with E-state index in [1.807, 2.05) is 32.9 Å². The van der Waals surface area contributed by atoms with Crippen molar-refractivity contribution in [3.63, 3.8) is 0 Å². The smallest absolute Gasteiger partial charge is 0.251 e. The fraction of sp³-hybridized carbons (Fsp3) is 0.333. The van der Waals surface area contributed by atoms with Crippen LogP contribution in [-0.2, 0) is 0 Å². The molecule has 1 aromatic carbocycles. The van der Waals surface area contributed by atoms with Gasteiger partial charge in [-0.25, -0.2) is 0 Å². The molecule has 5 nitrogen and oxygen atoms in total. The zero-order valence-corrected chi connectivity index (χ0v) is 13.9. The molecule has 2 aromatic rings. The van der Waals surface area contributed by atoms with Crippen molar-refractivity contribution in [2.24, 2.45) is 0 Å². The Balaban J connectivity index is 2.13. The number of hydrogen-bond acceptors (Lipinski definition) is 4. The monoisotopic (exact) mass is 314 g/mol. The van der Waals surface area contributed by atoms with Gasteiger partial charge in [0.25, 0.3) is 5.91 Å². The second kappa shape index (κ2) is 7.63. The normalized spacial score (nSPS) is 11.9. The van der Waals surface area contributed by atoms with Crippen LogP contribution >= 0.6 is 0 Å². The fourth-order valence-electron chi connectivity index (χ4n) is 2.16. The van der Waals surface area contributed by atoms with Gasteiger partial charge in [-0.15, -0.1) is 0 Å². The Morgan fingerprint density at radius 3 is 2.57 bits per heavy atom. The molecule has 0 aliphatic carbocycles. The Morgan fingerprint density at radius 2 is 1.96 bits per heavy atom. The SMILES string of the molecule is COc1cc(C(=O)N[C@@H](C)c2cccnc2)ccc1OC(C)C. The van der Waals surface area contributed by atoms with Gasteiger partial charge in [0.15, 0.2) is 11.5 Å². The largest absolute Gasteiger partial charge is 0.493 e. The average Bonchev–Trinajstić information content (AvgIpc) is 2.55. The van der Waals surface area contributed by atoms with Gasteiger partial charge >= 0.3 is 0 Å². The third kappa shape index (κ3) is 4.45. The second-order valence-corrected chi connectivity index (χ2v) is 5.51. The van der Waals surface area contributed by atoms with Crippen LogP contribution in [-0.4, -0.2) is 24.1 Å². The number of pyridine rings is 1. The van der Waals surface area contributed by atoms with Crippen LogP contribution in [0.25, 0.3) is 0 Å². The van der Waals surface area contributed by atoms with E-state index in [2.05, 4.69) is 10.3 Å². The summed E-state index contributed by atoms with van der Waals surface area (Å²) in [4.78, 5) is 16.5. The molecule has 2 rings (SSSR count). The summed E-state index contributed by atoms with van der Waals surface area (Å²) in [7, 11) is 1.56. The third-order valence-corrected chi connectivity index (χ3v) is 3.32. The molecule has 1 heterocycles. The zero-order valence-electron chi connectivity index (χ0n) is 13.9. The van der Waals surface area contributed by atoms with Crippen molar-refractivity contribution < 1.29 is 14.3 Å². The van der Waals surface area contributed by atoms with E-state index in [1.165, 1.54) is 0 Å². The van der Waals surface area contributed by atoms with Crippen LogP contribution in [0.4, 0.5) is 0 Å². The molecule has 5 heteroatoms. The maximum absolute atomic E-state index is 12.4. The molecule has 0 aliphatic rings. The van der Waals surface area contributed by atoms with E-state index < -0.39 is 0 Å². The minimum absolute atomic E-state index is 0.0363. The van der Waals surface area contributed by atoms with E-state index in [0.717, 1.165) is 5.56 Å². The van der Waals surface area contributed by atoms with Crippen molar-refractivity contribution in [2.75, 3.05) is 7.11 Å². The van der Waals surface area contributed by atoms with Crippen molar-refractivity contribution in [3.05, 3.63) is 53.9 Å². The highest BCUT2D eigenvalue weighted by Gasteiger charge is 2.15. The molecule has 0 fully saturated rings. The Labute approximate surface area is 136 Å². The van der Waals surface area contributed by atoms with E-state index in [1.54, 1.807) is 37.7 Å². The van der Waals surface area contributed by atoms with Crippen LogP contribution in [0.5, 0.6) is 11.5 Å². The van der Waals surface area contributed by atoms with Crippen LogP contribution < -0.4 is 14.8 Å². The zero-order chi connectivity index (χ0) is 16.8. The van der Waals surface area contributed by atoms with E-state index in [-0.39, 0.29) is 18.1 Å². The van der Waals surface area contributed by atoms with Gasteiger partial charge in [0.1, 0.15) is 0 Å². The van der Waals surface area contributed by atoms with Crippen molar-refractivity contribution in [1.29, 1.82) is 0 Å². The summed E-state index contributed by atoms with van der Waals surface area (Å²) in [6.45, 7) is 5.80. The van der Waals surface area contributed by atoms with Crippen molar-refractivity contribution in [1.82, 2.24) is 10.3 Å². The Bertz CT molecular complexity index is 657. The quantitative estimate of drug-likeness (QED) is 0.888. The van der Waals surface area contributed by atoms with Crippen molar-refractivity contribution in [2.45, 2.75) is 32.9 Å². The molecule has 0 radical (unpaired) electrons.